The molecule has 0 atom stereocenters. The third kappa shape index (κ3) is 5.39. The smallest absolute Gasteiger partial charge is 0.191 e. The summed E-state index contributed by atoms with van der Waals surface area (Å²) in [7, 11) is 0. The van der Waals surface area contributed by atoms with Crippen LogP contribution in [0.1, 0.15) is 46.5 Å². The molecule has 2 fully saturated rings. The molecular formula is C15H30IN3O. The number of rotatable bonds is 4. The monoisotopic (exact) mass is 395 g/mol. The minimum Gasteiger partial charge on any atom is -0.380 e. The van der Waals surface area contributed by atoms with E-state index in [9.17, 15) is 0 Å². The molecule has 1 aliphatic heterocycles. The first-order chi connectivity index (χ1) is 9.11. The normalized spacial score (nSPS) is 29.1. The number of halogens is 1. The van der Waals surface area contributed by atoms with Crippen molar-refractivity contribution < 1.29 is 4.74 Å². The minimum atomic E-state index is 0. The third-order valence-corrected chi connectivity index (χ3v) is 4.22. The fourth-order valence-corrected chi connectivity index (χ4v) is 2.73. The van der Waals surface area contributed by atoms with Crippen LogP contribution in [-0.4, -0.2) is 38.3 Å². The fourth-order valence-electron chi connectivity index (χ4n) is 2.73. The van der Waals surface area contributed by atoms with Crippen LogP contribution in [0.4, 0.5) is 0 Å². The van der Waals surface area contributed by atoms with E-state index < -0.39 is 0 Å². The molecule has 4 nitrogen and oxygen atoms in total. The number of guanidine groups is 1. The van der Waals surface area contributed by atoms with E-state index in [1.807, 2.05) is 0 Å². The van der Waals surface area contributed by atoms with E-state index in [0.717, 1.165) is 38.2 Å². The van der Waals surface area contributed by atoms with E-state index in [2.05, 4.69) is 31.4 Å². The maximum absolute atomic E-state index is 5.28. The number of aliphatic imine (C=N–C) groups is 1. The van der Waals surface area contributed by atoms with Gasteiger partial charge in [-0.2, -0.15) is 0 Å². The van der Waals surface area contributed by atoms with Gasteiger partial charge < -0.3 is 15.4 Å². The highest BCUT2D eigenvalue weighted by molar-refractivity contribution is 14.0. The van der Waals surface area contributed by atoms with Crippen LogP contribution in [0, 0.1) is 11.3 Å². The lowest BCUT2D eigenvalue weighted by atomic mass is 9.87. The zero-order chi connectivity index (χ0) is 13.7. The number of hydrogen-bond donors (Lipinski definition) is 2. The van der Waals surface area contributed by atoms with Gasteiger partial charge in [-0.05, 0) is 38.5 Å². The Labute approximate surface area is 140 Å². The van der Waals surface area contributed by atoms with Crippen LogP contribution < -0.4 is 10.6 Å². The lowest BCUT2D eigenvalue weighted by Crippen LogP contribution is -2.47. The molecule has 1 aliphatic carbocycles. The van der Waals surface area contributed by atoms with E-state index in [1.54, 1.807) is 0 Å². The Kier molecular flexibility index (Phi) is 7.58. The summed E-state index contributed by atoms with van der Waals surface area (Å²) in [6, 6.07) is 0.597. The Balaban J connectivity index is 0.00000200. The summed E-state index contributed by atoms with van der Waals surface area (Å²) in [6.45, 7) is 10.2. The zero-order valence-electron chi connectivity index (χ0n) is 13.1. The summed E-state index contributed by atoms with van der Waals surface area (Å²) in [6.07, 6.45) is 5.21. The average Bonchev–Trinajstić information content (AvgIpc) is 2.37. The molecule has 0 aromatic rings. The summed E-state index contributed by atoms with van der Waals surface area (Å²) >= 11 is 0. The predicted octanol–water partition coefficient (Wildman–Crippen LogP) is 2.77. The van der Waals surface area contributed by atoms with Gasteiger partial charge in [0.1, 0.15) is 0 Å². The van der Waals surface area contributed by atoms with Crippen molar-refractivity contribution in [3.63, 3.8) is 0 Å². The van der Waals surface area contributed by atoms with Gasteiger partial charge in [-0.25, -0.2) is 0 Å². The molecule has 2 aliphatic rings. The van der Waals surface area contributed by atoms with Gasteiger partial charge in [-0.3, -0.25) is 4.99 Å². The van der Waals surface area contributed by atoms with Crippen LogP contribution in [-0.2, 0) is 4.74 Å². The molecule has 5 heteroatoms. The molecule has 0 aromatic heterocycles. The molecule has 2 rings (SSSR count). The highest BCUT2D eigenvalue weighted by Gasteiger charge is 2.33. The maximum Gasteiger partial charge on any atom is 0.191 e. The Morgan fingerprint density at radius 1 is 1.25 bits per heavy atom. The van der Waals surface area contributed by atoms with Crippen molar-refractivity contribution in [2.24, 2.45) is 16.3 Å². The third-order valence-electron chi connectivity index (χ3n) is 4.22. The van der Waals surface area contributed by atoms with Gasteiger partial charge in [0, 0.05) is 18.0 Å². The average molecular weight is 395 g/mol. The number of hydrogen-bond acceptors (Lipinski definition) is 2. The van der Waals surface area contributed by atoms with Crippen LogP contribution in [0.2, 0.25) is 0 Å². The number of ether oxygens (including phenoxy) is 1. The van der Waals surface area contributed by atoms with Crippen LogP contribution in [0.15, 0.2) is 4.99 Å². The van der Waals surface area contributed by atoms with Gasteiger partial charge in [0.05, 0.1) is 19.8 Å². The molecule has 118 valence electrons. The zero-order valence-corrected chi connectivity index (χ0v) is 15.4. The molecule has 0 amide bonds. The van der Waals surface area contributed by atoms with Crippen LogP contribution >= 0.6 is 24.0 Å². The van der Waals surface area contributed by atoms with Gasteiger partial charge >= 0.3 is 0 Å². The van der Waals surface area contributed by atoms with E-state index in [-0.39, 0.29) is 29.4 Å². The van der Waals surface area contributed by atoms with Crippen molar-refractivity contribution in [1.29, 1.82) is 0 Å². The summed E-state index contributed by atoms with van der Waals surface area (Å²) < 4.78 is 5.28. The Morgan fingerprint density at radius 3 is 2.40 bits per heavy atom. The first-order valence-corrected chi connectivity index (χ1v) is 7.74. The SMILES string of the molecule is CCNC(=NCC1(C)COC1)NC1CCC(C)CC1.I. The van der Waals surface area contributed by atoms with Gasteiger partial charge in [0.2, 0.25) is 0 Å². The molecule has 1 saturated heterocycles. The summed E-state index contributed by atoms with van der Waals surface area (Å²) in [5, 5.41) is 6.96. The minimum absolute atomic E-state index is 0. The molecular weight excluding hydrogens is 365 g/mol. The fraction of sp³-hybridized carbons (Fsp3) is 0.933. The Morgan fingerprint density at radius 2 is 1.90 bits per heavy atom. The Hall–Kier alpha value is -0.0400. The standard InChI is InChI=1S/C15H29N3O.HI/c1-4-16-14(17-9-15(3)10-19-11-15)18-13-7-5-12(2)6-8-13;/h12-13H,4-11H2,1-3H3,(H2,16,17,18);1H. The first kappa shape index (κ1) is 18.0. The van der Waals surface area contributed by atoms with Gasteiger partial charge in [0.15, 0.2) is 5.96 Å². The first-order valence-electron chi connectivity index (χ1n) is 7.74. The molecule has 0 aromatic carbocycles. The van der Waals surface area contributed by atoms with Crippen molar-refractivity contribution in [2.75, 3.05) is 26.3 Å². The molecule has 1 heterocycles. The van der Waals surface area contributed by atoms with Crippen molar-refractivity contribution in [3.05, 3.63) is 0 Å². The molecule has 0 spiro atoms. The van der Waals surface area contributed by atoms with E-state index in [0.29, 0.717) is 6.04 Å². The second-order valence-corrected chi connectivity index (χ2v) is 6.60. The molecule has 0 unspecified atom stereocenters. The number of nitrogens with one attached hydrogen (secondary N) is 2. The second kappa shape index (κ2) is 8.41. The maximum atomic E-state index is 5.28. The van der Waals surface area contributed by atoms with E-state index >= 15 is 0 Å². The van der Waals surface area contributed by atoms with Gasteiger partial charge in [-0.1, -0.05) is 13.8 Å². The lowest BCUT2D eigenvalue weighted by molar-refractivity contribution is -0.0945. The lowest BCUT2D eigenvalue weighted by Gasteiger charge is -2.37. The largest absolute Gasteiger partial charge is 0.380 e. The predicted molar refractivity (Wildman–Crippen MR) is 94.9 cm³/mol. The molecule has 0 radical (unpaired) electrons. The van der Waals surface area contributed by atoms with Crippen LogP contribution in [0.5, 0.6) is 0 Å². The summed E-state index contributed by atoms with van der Waals surface area (Å²) in [4.78, 5) is 4.73. The Bertz CT molecular complexity index is 310. The summed E-state index contributed by atoms with van der Waals surface area (Å²) in [5.74, 6) is 1.87. The van der Waals surface area contributed by atoms with Crippen molar-refractivity contribution in [1.82, 2.24) is 10.6 Å². The van der Waals surface area contributed by atoms with Gasteiger partial charge in [-0.15, -0.1) is 24.0 Å². The quantitative estimate of drug-likeness (QED) is 0.437. The van der Waals surface area contributed by atoms with Crippen LogP contribution in [0.25, 0.3) is 0 Å². The molecule has 1 saturated carbocycles. The highest BCUT2D eigenvalue weighted by Crippen LogP contribution is 2.26. The molecule has 2 N–H and O–H groups in total. The number of nitrogens with zero attached hydrogens (tertiary/aromatic N) is 1. The topological polar surface area (TPSA) is 45.7 Å². The molecule has 20 heavy (non-hydrogen) atoms. The van der Waals surface area contributed by atoms with Crippen LogP contribution in [0.3, 0.4) is 0 Å². The molecule has 0 bridgehead atoms. The van der Waals surface area contributed by atoms with Crippen molar-refractivity contribution in [3.8, 4) is 0 Å². The van der Waals surface area contributed by atoms with E-state index in [1.165, 1.54) is 25.7 Å². The van der Waals surface area contributed by atoms with Gasteiger partial charge in [0.25, 0.3) is 0 Å². The van der Waals surface area contributed by atoms with Crippen molar-refractivity contribution in [2.45, 2.75) is 52.5 Å². The highest BCUT2D eigenvalue weighted by atomic mass is 127. The summed E-state index contributed by atoms with van der Waals surface area (Å²) in [5.41, 5.74) is 0.253. The van der Waals surface area contributed by atoms with E-state index in [4.69, 9.17) is 9.73 Å². The second-order valence-electron chi connectivity index (χ2n) is 6.60. The van der Waals surface area contributed by atoms with Crippen molar-refractivity contribution >= 4 is 29.9 Å².